The SMILES string of the molecule is COCCC(=O)N[C@@H]1C[C@H](c2ccc(OC)c(O)c2)O[C@@H]2CCCC[C@@H]12. The first-order valence-electron chi connectivity index (χ1n) is 9.43. The minimum atomic E-state index is -0.140. The molecule has 0 unspecified atom stereocenters. The zero-order valence-electron chi connectivity index (χ0n) is 15.6. The van der Waals surface area contributed by atoms with E-state index in [2.05, 4.69) is 5.32 Å². The summed E-state index contributed by atoms with van der Waals surface area (Å²) < 4.78 is 16.5. The van der Waals surface area contributed by atoms with Crippen molar-refractivity contribution in [2.75, 3.05) is 20.8 Å². The van der Waals surface area contributed by atoms with Crippen LogP contribution in [0.4, 0.5) is 0 Å². The lowest BCUT2D eigenvalue weighted by molar-refractivity contribution is -0.133. The summed E-state index contributed by atoms with van der Waals surface area (Å²) in [6, 6.07) is 5.48. The molecule has 4 atom stereocenters. The van der Waals surface area contributed by atoms with Crippen molar-refractivity contribution in [2.45, 2.75) is 56.8 Å². The lowest BCUT2D eigenvalue weighted by Crippen LogP contribution is -2.51. The number of methoxy groups -OCH3 is 2. The summed E-state index contributed by atoms with van der Waals surface area (Å²) in [5.74, 6) is 0.947. The first kappa shape index (κ1) is 19.0. The molecule has 1 aromatic carbocycles. The maximum absolute atomic E-state index is 12.2. The van der Waals surface area contributed by atoms with E-state index in [4.69, 9.17) is 14.2 Å². The highest BCUT2D eigenvalue weighted by atomic mass is 16.5. The molecular formula is C20H29NO5. The number of hydrogen-bond donors (Lipinski definition) is 2. The number of carbonyl (C=O) groups excluding carboxylic acids is 1. The summed E-state index contributed by atoms with van der Waals surface area (Å²) in [5, 5.41) is 13.3. The number of phenols is 1. The molecule has 26 heavy (non-hydrogen) atoms. The number of rotatable bonds is 6. The molecular weight excluding hydrogens is 334 g/mol. The van der Waals surface area contributed by atoms with E-state index in [0.29, 0.717) is 31.1 Å². The number of ether oxygens (including phenoxy) is 3. The third-order valence-corrected chi connectivity index (χ3v) is 5.53. The van der Waals surface area contributed by atoms with Gasteiger partial charge in [-0.25, -0.2) is 0 Å². The standard InChI is InChI=1S/C20H29NO5/c1-24-10-9-20(23)21-15-12-19(26-17-6-4-3-5-14(15)17)13-7-8-18(25-2)16(22)11-13/h7-8,11,14-15,17,19,22H,3-6,9-10,12H2,1-2H3,(H,21,23)/t14-,15+,17+,19+/m0/s1. The van der Waals surface area contributed by atoms with Gasteiger partial charge < -0.3 is 24.6 Å². The van der Waals surface area contributed by atoms with E-state index < -0.39 is 0 Å². The van der Waals surface area contributed by atoms with E-state index in [1.165, 1.54) is 13.5 Å². The van der Waals surface area contributed by atoms with Crippen LogP contribution in [0.2, 0.25) is 0 Å². The number of amides is 1. The van der Waals surface area contributed by atoms with Gasteiger partial charge in [-0.15, -0.1) is 0 Å². The Labute approximate surface area is 154 Å². The molecule has 1 heterocycles. The first-order valence-corrected chi connectivity index (χ1v) is 9.43. The molecule has 144 valence electrons. The Kier molecular flexibility index (Phi) is 6.38. The Morgan fingerprint density at radius 2 is 2.12 bits per heavy atom. The molecule has 2 N–H and O–H groups in total. The molecule has 0 aromatic heterocycles. The van der Waals surface area contributed by atoms with Gasteiger partial charge in [-0.05, 0) is 37.0 Å². The molecule has 0 radical (unpaired) electrons. The van der Waals surface area contributed by atoms with Gasteiger partial charge >= 0.3 is 0 Å². The van der Waals surface area contributed by atoms with Gasteiger partial charge in [0.1, 0.15) is 0 Å². The Morgan fingerprint density at radius 1 is 1.31 bits per heavy atom. The van der Waals surface area contributed by atoms with E-state index in [0.717, 1.165) is 24.8 Å². The Hall–Kier alpha value is -1.79. The third kappa shape index (κ3) is 4.30. The van der Waals surface area contributed by atoms with E-state index in [1.807, 2.05) is 6.07 Å². The molecule has 2 fully saturated rings. The summed E-state index contributed by atoms with van der Waals surface area (Å²) in [4.78, 5) is 12.2. The van der Waals surface area contributed by atoms with Gasteiger partial charge in [-0.3, -0.25) is 4.79 Å². The number of phenolic OH excluding ortho intramolecular Hbond substituents is 1. The molecule has 3 rings (SSSR count). The zero-order chi connectivity index (χ0) is 18.5. The molecule has 1 aliphatic heterocycles. The fraction of sp³-hybridized carbons (Fsp3) is 0.650. The van der Waals surface area contributed by atoms with Crippen molar-refractivity contribution in [2.24, 2.45) is 5.92 Å². The number of nitrogens with one attached hydrogen (secondary N) is 1. The van der Waals surface area contributed by atoms with Crippen LogP contribution in [0.3, 0.4) is 0 Å². The van der Waals surface area contributed by atoms with Gasteiger partial charge in [0.05, 0.1) is 25.9 Å². The molecule has 6 nitrogen and oxygen atoms in total. The van der Waals surface area contributed by atoms with Crippen molar-refractivity contribution in [1.82, 2.24) is 5.32 Å². The van der Waals surface area contributed by atoms with Crippen LogP contribution in [-0.4, -0.2) is 44.0 Å². The van der Waals surface area contributed by atoms with Crippen LogP contribution < -0.4 is 10.1 Å². The number of aromatic hydroxyl groups is 1. The molecule has 0 spiro atoms. The zero-order valence-corrected chi connectivity index (χ0v) is 15.6. The lowest BCUT2D eigenvalue weighted by Gasteiger charge is -2.45. The van der Waals surface area contributed by atoms with Gasteiger partial charge in [0.15, 0.2) is 11.5 Å². The summed E-state index contributed by atoms with van der Waals surface area (Å²) >= 11 is 0. The van der Waals surface area contributed by atoms with Crippen molar-refractivity contribution in [3.63, 3.8) is 0 Å². The summed E-state index contributed by atoms with van der Waals surface area (Å²) in [5.41, 5.74) is 0.920. The molecule has 1 aliphatic carbocycles. The second kappa shape index (κ2) is 8.73. The van der Waals surface area contributed by atoms with Gasteiger partial charge in [0.25, 0.3) is 0 Å². The summed E-state index contributed by atoms with van der Waals surface area (Å²) in [6.45, 7) is 0.429. The molecule has 6 heteroatoms. The first-order chi connectivity index (χ1) is 12.6. The summed E-state index contributed by atoms with van der Waals surface area (Å²) in [7, 11) is 3.13. The minimum absolute atomic E-state index is 0.0272. The highest BCUT2D eigenvalue weighted by Crippen LogP contribution is 2.42. The molecule has 1 amide bonds. The fourth-order valence-electron chi connectivity index (χ4n) is 4.19. The van der Waals surface area contributed by atoms with Crippen molar-refractivity contribution in [1.29, 1.82) is 0 Å². The van der Waals surface area contributed by atoms with Gasteiger partial charge in [-0.2, -0.15) is 0 Å². The van der Waals surface area contributed by atoms with E-state index in [-0.39, 0.29) is 29.9 Å². The third-order valence-electron chi connectivity index (χ3n) is 5.53. The quantitative estimate of drug-likeness (QED) is 0.813. The van der Waals surface area contributed by atoms with Gasteiger partial charge in [0, 0.05) is 25.5 Å². The largest absolute Gasteiger partial charge is 0.504 e. The van der Waals surface area contributed by atoms with Crippen LogP contribution in [0, 0.1) is 5.92 Å². The molecule has 1 saturated carbocycles. The maximum Gasteiger partial charge on any atom is 0.222 e. The van der Waals surface area contributed by atoms with Crippen LogP contribution in [-0.2, 0) is 14.3 Å². The second-order valence-corrected chi connectivity index (χ2v) is 7.20. The molecule has 2 aliphatic rings. The second-order valence-electron chi connectivity index (χ2n) is 7.20. The Morgan fingerprint density at radius 3 is 2.85 bits per heavy atom. The number of benzene rings is 1. The lowest BCUT2D eigenvalue weighted by atomic mass is 9.76. The van der Waals surface area contributed by atoms with Crippen molar-refractivity contribution < 1.29 is 24.1 Å². The fourth-order valence-corrected chi connectivity index (χ4v) is 4.19. The Bertz CT molecular complexity index is 620. The van der Waals surface area contributed by atoms with Crippen molar-refractivity contribution >= 4 is 5.91 Å². The smallest absolute Gasteiger partial charge is 0.222 e. The van der Waals surface area contributed by atoms with Crippen LogP contribution in [0.1, 0.15) is 50.2 Å². The van der Waals surface area contributed by atoms with E-state index >= 15 is 0 Å². The normalized spacial score (nSPS) is 28.2. The molecule has 0 bridgehead atoms. The monoisotopic (exact) mass is 363 g/mol. The van der Waals surface area contributed by atoms with Gasteiger partial charge in [0.2, 0.25) is 5.91 Å². The predicted molar refractivity (Wildman–Crippen MR) is 97.3 cm³/mol. The van der Waals surface area contributed by atoms with Crippen LogP contribution >= 0.6 is 0 Å². The van der Waals surface area contributed by atoms with E-state index in [9.17, 15) is 9.90 Å². The minimum Gasteiger partial charge on any atom is -0.504 e. The number of hydrogen-bond acceptors (Lipinski definition) is 5. The summed E-state index contributed by atoms with van der Waals surface area (Å²) in [6.07, 6.45) is 5.55. The van der Waals surface area contributed by atoms with Gasteiger partial charge in [-0.1, -0.05) is 18.9 Å². The topological polar surface area (TPSA) is 77.0 Å². The van der Waals surface area contributed by atoms with Crippen LogP contribution in [0.25, 0.3) is 0 Å². The Balaban J connectivity index is 1.75. The van der Waals surface area contributed by atoms with E-state index in [1.54, 1.807) is 19.2 Å². The number of fused-ring (bicyclic) bond motifs is 1. The van der Waals surface area contributed by atoms with Crippen molar-refractivity contribution in [3.8, 4) is 11.5 Å². The van der Waals surface area contributed by atoms with Crippen LogP contribution in [0.15, 0.2) is 18.2 Å². The average molecular weight is 363 g/mol. The highest BCUT2D eigenvalue weighted by molar-refractivity contribution is 5.76. The number of carbonyl (C=O) groups is 1. The average Bonchev–Trinajstić information content (AvgIpc) is 2.66. The molecule has 1 saturated heterocycles. The molecule has 1 aromatic rings. The highest BCUT2D eigenvalue weighted by Gasteiger charge is 2.41. The van der Waals surface area contributed by atoms with Crippen molar-refractivity contribution in [3.05, 3.63) is 23.8 Å². The maximum atomic E-state index is 12.2. The van der Waals surface area contributed by atoms with Crippen LogP contribution in [0.5, 0.6) is 11.5 Å². The predicted octanol–water partition coefficient (Wildman–Crippen LogP) is 2.94.